The minimum atomic E-state index is -4.70. The summed E-state index contributed by atoms with van der Waals surface area (Å²) in [7, 11) is 1.11. The molecule has 4 rings (SSSR count). The summed E-state index contributed by atoms with van der Waals surface area (Å²) in [5, 5.41) is 2.88. The summed E-state index contributed by atoms with van der Waals surface area (Å²) in [6.45, 7) is 1.29. The molecular formula is C20H19Cl2F4N7O. The van der Waals surface area contributed by atoms with Gasteiger partial charge in [-0.25, -0.2) is 24.3 Å². The molecule has 182 valence electrons. The van der Waals surface area contributed by atoms with Gasteiger partial charge in [-0.2, -0.15) is 13.2 Å². The number of carbonyl (C=O) groups is 1. The topological polar surface area (TPSA) is 88.8 Å². The number of anilines is 2. The van der Waals surface area contributed by atoms with E-state index in [0.29, 0.717) is 23.3 Å². The number of aromatic nitrogens is 5. The largest absolute Gasteiger partial charge is 0.449 e. The second-order valence-corrected chi connectivity index (χ2v) is 7.85. The molecule has 14 heteroatoms. The SMILES string of the molecule is Cl.Cn1c(-c2nc(Nc3cnc(C(=O)N4CCCCC4)c(Cl)c3)ncc2F)cnc1C(F)(F)F. The number of alkyl halides is 3. The summed E-state index contributed by atoms with van der Waals surface area (Å²) in [5.41, 5.74) is -0.119. The highest BCUT2D eigenvalue weighted by Gasteiger charge is 2.37. The van der Waals surface area contributed by atoms with E-state index in [2.05, 4.69) is 25.3 Å². The molecule has 1 aliphatic rings. The van der Waals surface area contributed by atoms with Gasteiger partial charge < -0.3 is 14.8 Å². The van der Waals surface area contributed by atoms with Gasteiger partial charge in [0.05, 0.1) is 35.0 Å². The minimum Gasteiger partial charge on any atom is -0.337 e. The third kappa shape index (κ3) is 5.22. The number of hydrogen-bond acceptors (Lipinski definition) is 6. The molecule has 1 fully saturated rings. The molecular weight excluding hydrogens is 501 g/mol. The molecule has 1 amide bonds. The first-order chi connectivity index (χ1) is 15.6. The first-order valence-corrected chi connectivity index (χ1v) is 10.4. The van der Waals surface area contributed by atoms with Crippen LogP contribution in [0.25, 0.3) is 11.4 Å². The van der Waals surface area contributed by atoms with Crippen LogP contribution in [0.1, 0.15) is 35.6 Å². The number of imidazole rings is 1. The van der Waals surface area contributed by atoms with Crippen LogP contribution in [-0.2, 0) is 13.2 Å². The van der Waals surface area contributed by atoms with E-state index in [1.807, 2.05) is 0 Å². The fourth-order valence-electron chi connectivity index (χ4n) is 3.54. The van der Waals surface area contributed by atoms with Gasteiger partial charge in [-0.1, -0.05) is 11.6 Å². The van der Waals surface area contributed by atoms with Crippen molar-refractivity contribution in [1.82, 2.24) is 29.4 Å². The van der Waals surface area contributed by atoms with E-state index in [4.69, 9.17) is 11.6 Å². The van der Waals surface area contributed by atoms with Crippen molar-refractivity contribution in [2.24, 2.45) is 7.05 Å². The summed E-state index contributed by atoms with van der Waals surface area (Å²) >= 11 is 6.26. The molecule has 0 radical (unpaired) electrons. The quantitative estimate of drug-likeness (QED) is 0.494. The Hall–Kier alpha value is -2.99. The van der Waals surface area contributed by atoms with E-state index in [1.165, 1.54) is 12.3 Å². The first kappa shape index (κ1) is 25.6. The van der Waals surface area contributed by atoms with Gasteiger partial charge in [0, 0.05) is 20.1 Å². The number of nitrogens with zero attached hydrogens (tertiary/aromatic N) is 6. The minimum absolute atomic E-state index is 0. The van der Waals surface area contributed by atoms with E-state index in [9.17, 15) is 22.4 Å². The number of piperidine rings is 1. The van der Waals surface area contributed by atoms with Crippen LogP contribution in [-0.4, -0.2) is 48.4 Å². The lowest BCUT2D eigenvalue weighted by atomic mass is 10.1. The van der Waals surface area contributed by atoms with E-state index in [1.54, 1.807) is 4.90 Å². The second kappa shape index (κ2) is 10.1. The van der Waals surface area contributed by atoms with Gasteiger partial charge in [0.1, 0.15) is 11.4 Å². The van der Waals surface area contributed by atoms with Crippen LogP contribution in [0, 0.1) is 5.82 Å². The second-order valence-electron chi connectivity index (χ2n) is 7.45. The number of amides is 1. The molecule has 1 N–H and O–H groups in total. The molecule has 0 unspecified atom stereocenters. The molecule has 0 bridgehead atoms. The van der Waals surface area contributed by atoms with E-state index in [0.717, 1.165) is 38.7 Å². The van der Waals surface area contributed by atoms with Crippen molar-refractivity contribution in [3.8, 4) is 11.4 Å². The monoisotopic (exact) mass is 519 g/mol. The van der Waals surface area contributed by atoms with Crippen molar-refractivity contribution < 1.29 is 22.4 Å². The molecule has 1 saturated heterocycles. The number of likely N-dealkylation sites (tertiary alicyclic amines) is 1. The zero-order valence-corrected chi connectivity index (χ0v) is 19.3. The maximum Gasteiger partial charge on any atom is 0.449 e. The summed E-state index contributed by atoms with van der Waals surface area (Å²) in [4.78, 5) is 29.6. The zero-order chi connectivity index (χ0) is 23.8. The van der Waals surface area contributed by atoms with Crippen molar-refractivity contribution in [2.45, 2.75) is 25.4 Å². The normalized spacial score (nSPS) is 14.0. The fraction of sp³-hybridized carbons (Fsp3) is 0.350. The molecule has 34 heavy (non-hydrogen) atoms. The highest BCUT2D eigenvalue weighted by Crippen LogP contribution is 2.32. The van der Waals surface area contributed by atoms with Gasteiger partial charge >= 0.3 is 6.18 Å². The molecule has 3 aromatic rings. The highest BCUT2D eigenvalue weighted by molar-refractivity contribution is 6.33. The maximum atomic E-state index is 14.3. The summed E-state index contributed by atoms with van der Waals surface area (Å²) in [5.74, 6) is -2.47. The predicted octanol–water partition coefficient (Wildman–Crippen LogP) is 4.87. The number of nitrogens with one attached hydrogen (secondary N) is 1. The van der Waals surface area contributed by atoms with Gasteiger partial charge in [0.25, 0.3) is 5.91 Å². The average Bonchev–Trinajstić information content (AvgIpc) is 3.17. The Kier molecular flexibility index (Phi) is 7.61. The third-order valence-electron chi connectivity index (χ3n) is 5.17. The number of carbonyl (C=O) groups excluding carboxylic acids is 1. The summed E-state index contributed by atoms with van der Waals surface area (Å²) in [6.07, 6.45) is 1.28. The van der Waals surface area contributed by atoms with Crippen LogP contribution in [0.5, 0.6) is 0 Å². The Bertz CT molecular complexity index is 1200. The molecule has 0 aliphatic carbocycles. The average molecular weight is 520 g/mol. The van der Waals surface area contributed by atoms with Gasteiger partial charge in [0.15, 0.2) is 5.82 Å². The lowest BCUT2D eigenvalue weighted by Crippen LogP contribution is -2.36. The predicted molar refractivity (Wildman–Crippen MR) is 119 cm³/mol. The molecule has 0 atom stereocenters. The number of halogens is 6. The summed E-state index contributed by atoms with van der Waals surface area (Å²) < 4.78 is 54.1. The first-order valence-electron chi connectivity index (χ1n) is 9.99. The van der Waals surface area contributed by atoms with Crippen molar-refractivity contribution in [2.75, 3.05) is 18.4 Å². The van der Waals surface area contributed by atoms with Crippen molar-refractivity contribution >= 4 is 41.6 Å². The lowest BCUT2D eigenvalue weighted by molar-refractivity contribution is -0.146. The Morgan fingerprint density at radius 3 is 2.41 bits per heavy atom. The maximum absolute atomic E-state index is 14.3. The highest BCUT2D eigenvalue weighted by atomic mass is 35.5. The van der Waals surface area contributed by atoms with Crippen LogP contribution in [0.15, 0.2) is 24.7 Å². The Morgan fingerprint density at radius 2 is 1.79 bits per heavy atom. The van der Waals surface area contributed by atoms with E-state index in [-0.39, 0.29) is 46.4 Å². The van der Waals surface area contributed by atoms with Crippen molar-refractivity contribution in [3.63, 3.8) is 0 Å². The van der Waals surface area contributed by atoms with E-state index < -0.39 is 17.8 Å². The van der Waals surface area contributed by atoms with Crippen LogP contribution in [0.3, 0.4) is 0 Å². The van der Waals surface area contributed by atoms with Crippen LogP contribution < -0.4 is 5.32 Å². The van der Waals surface area contributed by atoms with E-state index >= 15 is 0 Å². The van der Waals surface area contributed by atoms with Crippen molar-refractivity contribution in [1.29, 1.82) is 0 Å². The number of hydrogen-bond donors (Lipinski definition) is 1. The van der Waals surface area contributed by atoms with Gasteiger partial charge in [-0.15, -0.1) is 12.4 Å². The standard InChI is InChI=1S/C20H18ClF4N7O.ClH/c1-31-14(10-27-18(31)20(23,24)25)16-13(22)9-28-19(30-16)29-11-7-12(21)15(26-8-11)17(33)32-5-3-2-4-6-32;/h7-10H,2-6H2,1H3,(H,28,29,30);1H. The van der Waals surface area contributed by atoms with Gasteiger partial charge in [-0.3, -0.25) is 4.79 Å². The van der Waals surface area contributed by atoms with Crippen molar-refractivity contribution in [3.05, 3.63) is 47.0 Å². The molecule has 4 heterocycles. The molecule has 0 spiro atoms. The molecule has 1 aliphatic heterocycles. The van der Waals surface area contributed by atoms with Crippen LogP contribution >= 0.6 is 24.0 Å². The number of rotatable bonds is 4. The van der Waals surface area contributed by atoms with Crippen LogP contribution in [0.2, 0.25) is 5.02 Å². The molecule has 3 aromatic heterocycles. The third-order valence-corrected chi connectivity index (χ3v) is 5.46. The van der Waals surface area contributed by atoms with Gasteiger partial charge in [-0.05, 0) is 25.3 Å². The molecule has 0 aromatic carbocycles. The Balaban J connectivity index is 0.00000324. The van der Waals surface area contributed by atoms with Crippen LogP contribution in [0.4, 0.5) is 29.2 Å². The Morgan fingerprint density at radius 1 is 1.09 bits per heavy atom. The summed E-state index contributed by atoms with van der Waals surface area (Å²) in [6, 6.07) is 1.45. The molecule has 8 nitrogen and oxygen atoms in total. The van der Waals surface area contributed by atoms with Gasteiger partial charge in [0.2, 0.25) is 11.8 Å². The lowest BCUT2D eigenvalue weighted by Gasteiger charge is -2.26. The molecule has 0 saturated carbocycles. The Labute approximate surface area is 202 Å². The zero-order valence-electron chi connectivity index (χ0n) is 17.7. The fourth-order valence-corrected chi connectivity index (χ4v) is 3.79. The number of pyridine rings is 1. The smallest absolute Gasteiger partial charge is 0.337 e.